The van der Waals surface area contributed by atoms with E-state index < -0.39 is 5.91 Å². The zero-order valence-corrected chi connectivity index (χ0v) is 11.1. The van der Waals surface area contributed by atoms with E-state index >= 15 is 0 Å². The van der Waals surface area contributed by atoms with E-state index in [2.05, 4.69) is 10.3 Å². The van der Waals surface area contributed by atoms with Crippen LogP contribution < -0.4 is 21.5 Å². The molecule has 1 amide bonds. The van der Waals surface area contributed by atoms with Crippen molar-refractivity contribution in [2.24, 2.45) is 5.73 Å². The molecule has 0 radical (unpaired) electrons. The molecule has 0 unspecified atom stereocenters. The number of anilines is 3. The molecule has 0 atom stereocenters. The van der Waals surface area contributed by atoms with Gasteiger partial charge in [-0.05, 0) is 25.1 Å². The molecule has 2 rings (SSSR count). The molecule has 0 saturated heterocycles. The average Bonchev–Trinajstić information content (AvgIpc) is 2.41. The number of nitrogen functional groups attached to an aromatic ring is 1. The van der Waals surface area contributed by atoms with E-state index in [1.807, 2.05) is 31.2 Å². The number of nitrogens with zero attached hydrogens (tertiary/aromatic N) is 1. The van der Waals surface area contributed by atoms with Crippen molar-refractivity contribution in [3.05, 3.63) is 42.1 Å². The smallest absolute Gasteiger partial charge is 0.252 e. The maximum absolute atomic E-state index is 11.4. The second-order valence-electron chi connectivity index (χ2n) is 4.11. The Morgan fingerprint density at radius 2 is 2.20 bits per heavy atom. The van der Waals surface area contributed by atoms with Crippen LogP contribution in [-0.4, -0.2) is 17.5 Å². The van der Waals surface area contributed by atoms with E-state index in [9.17, 15) is 4.79 Å². The Hall–Kier alpha value is -2.76. The van der Waals surface area contributed by atoms with Crippen LogP contribution in [0, 0.1) is 0 Å². The molecular weight excluding hydrogens is 256 g/mol. The third kappa shape index (κ3) is 3.17. The van der Waals surface area contributed by atoms with E-state index in [0.717, 1.165) is 11.4 Å². The molecule has 0 aliphatic carbocycles. The Kier molecular flexibility index (Phi) is 4.05. The van der Waals surface area contributed by atoms with Crippen LogP contribution in [0.5, 0.6) is 5.75 Å². The molecule has 1 aromatic heterocycles. The van der Waals surface area contributed by atoms with Crippen LogP contribution in [0.1, 0.15) is 17.3 Å². The van der Waals surface area contributed by atoms with Gasteiger partial charge in [0.05, 0.1) is 24.1 Å². The number of rotatable bonds is 5. The molecule has 0 saturated carbocycles. The van der Waals surface area contributed by atoms with Crippen molar-refractivity contribution in [3.8, 4) is 5.75 Å². The number of hydrogen-bond donors (Lipinski definition) is 3. The van der Waals surface area contributed by atoms with Gasteiger partial charge in [-0.15, -0.1) is 0 Å². The van der Waals surface area contributed by atoms with Gasteiger partial charge in [0.25, 0.3) is 5.91 Å². The first-order chi connectivity index (χ1) is 9.60. The Balaban J connectivity index is 2.30. The third-order valence-corrected chi connectivity index (χ3v) is 2.58. The fourth-order valence-electron chi connectivity index (χ4n) is 1.74. The number of pyridine rings is 1. The number of carbonyl (C=O) groups is 1. The van der Waals surface area contributed by atoms with E-state index in [1.165, 1.54) is 12.3 Å². The molecule has 0 bridgehead atoms. The second-order valence-corrected chi connectivity index (χ2v) is 4.11. The van der Waals surface area contributed by atoms with E-state index in [0.29, 0.717) is 18.1 Å². The highest BCUT2D eigenvalue weighted by Gasteiger charge is 2.10. The van der Waals surface area contributed by atoms with Crippen molar-refractivity contribution < 1.29 is 9.53 Å². The summed E-state index contributed by atoms with van der Waals surface area (Å²) >= 11 is 0. The lowest BCUT2D eigenvalue weighted by Crippen LogP contribution is -2.14. The fraction of sp³-hybridized carbons (Fsp3) is 0.143. The summed E-state index contributed by atoms with van der Waals surface area (Å²) in [5, 5.41) is 3.03. The number of carbonyl (C=O) groups excluding carboxylic acids is 1. The largest absolute Gasteiger partial charge is 0.494 e. The van der Waals surface area contributed by atoms with Gasteiger partial charge in [0, 0.05) is 11.8 Å². The summed E-state index contributed by atoms with van der Waals surface area (Å²) in [6, 6.07) is 8.83. The molecule has 0 fully saturated rings. The van der Waals surface area contributed by atoms with E-state index in [1.54, 1.807) is 0 Å². The summed E-state index contributed by atoms with van der Waals surface area (Å²) in [6.07, 6.45) is 1.46. The third-order valence-electron chi connectivity index (χ3n) is 2.58. The van der Waals surface area contributed by atoms with Crippen molar-refractivity contribution in [2.75, 3.05) is 17.7 Å². The van der Waals surface area contributed by atoms with Gasteiger partial charge in [-0.1, -0.05) is 6.07 Å². The fourth-order valence-corrected chi connectivity index (χ4v) is 1.74. The summed E-state index contributed by atoms with van der Waals surface area (Å²) in [4.78, 5) is 15.5. The molecule has 5 N–H and O–H groups in total. The quantitative estimate of drug-likeness (QED) is 0.771. The van der Waals surface area contributed by atoms with Crippen LogP contribution in [0.15, 0.2) is 36.5 Å². The zero-order chi connectivity index (χ0) is 14.5. The molecule has 0 spiro atoms. The molecule has 1 heterocycles. The number of amides is 1. The summed E-state index contributed by atoms with van der Waals surface area (Å²) in [6.45, 7) is 2.49. The molecule has 20 heavy (non-hydrogen) atoms. The second kappa shape index (κ2) is 5.92. The maximum Gasteiger partial charge on any atom is 0.252 e. The van der Waals surface area contributed by atoms with Crippen LogP contribution in [-0.2, 0) is 0 Å². The van der Waals surface area contributed by atoms with Crippen molar-refractivity contribution >= 4 is 23.1 Å². The number of nitrogens with one attached hydrogen (secondary N) is 1. The van der Waals surface area contributed by atoms with Gasteiger partial charge >= 0.3 is 0 Å². The van der Waals surface area contributed by atoms with Gasteiger partial charge in [0.2, 0.25) is 0 Å². The number of primary amides is 1. The summed E-state index contributed by atoms with van der Waals surface area (Å²) in [5.74, 6) is 0.502. The number of benzene rings is 1. The van der Waals surface area contributed by atoms with Crippen LogP contribution in [0.2, 0.25) is 0 Å². The molecule has 6 nitrogen and oxygen atoms in total. The zero-order valence-electron chi connectivity index (χ0n) is 11.1. The summed E-state index contributed by atoms with van der Waals surface area (Å²) in [5.41, 5.74) is 12.3. The monoisotopic (exact) mass is 272 g/mol. The first-order valence-corrected chi connectivity index (χ1v) is 6.15. The van der Waals surface area contributed by atoms with Gasteiger partial charge in [0.1, 0.15) is 11.6 Å². The molecule has 0 aliphatic rings. The molecule has 2 aromatic rings. The topological polar surface area (TPSA) is 103 Å². The highest BCUT2D eigenvalue weighted by molar-refractivity contribution is 5.99. The van der Waals surface area contributed by atoms with Crippen molar-refractivity contribution in [1.29, 1.82) is 0 Å². The van der Waals surface area contributed by atoms with Gasteiger partial charge < -0.3 is 21.5 Å². The highest BCUT2D eigenvalue weighted by Crippen LogP contribution is 2.23. The Bertz CT molecular complexity index is 628. The predicted octanol–water partition coefficient (Wildman–Crippen LogP) is 1.90. The van der Waals surface area contributed by atoms with Crippen molar-refractivity contribution in [2.45, 2.75) is 6.92 Å². The molecule has 104 valence electrons. The van der Waals surface area contributed by atoms with Crippen LogP contribution in [0.3, 0.4) is 0 Å². The summed E-state index contributed by atoms with van der Waals surface area (Å²) < 4.78 is 5.41. The highest BCUT2D eigenvalue weighted by atomic mass is 16.5. The van der Waals surface area contributed by atoms with E-state index in [-0.39, 0.29) is 5.56 Å². The van der Waals surface area contributed by atoms with Crippen molar-refractivity contribution in [1.82, 2.24) is 4.98 Å². The van der Waals surface area contributed by atoms with E-state index in [4.69, 9.17) is 16.2 Å². The van der Waals surface area contributed by atoms with Gasteiger partial charge in [-0.3, -0.25) is 4.79 Å². The Labute approximate surface area is 116 Å². The SMILES string of the molecule is CCOc1cccc(Nc2ncc(N)cc2C(N)=O)c1. The van der Waals surface area contributed by atoms with Crippen molar-refractivity contribution in [3.63, 3.8) is 0 Å². The standard InChI is InChI=1S/C14H16N4O2/c1-2-20-11-5-3-4-10(7-11)18-14-12(13(16)19)6-9(15)8-17-14/h3-8H,2,15H2,1H3,(H2,16,19)(H,17,18). The maximum atomic E-state index is 11.4. The minimum Gasteiger partial charge on any atom is -0.494 e. The normalized spacial score (nSPS) is 10.1. The molecule has 6 heteroatoms. The lowest BCUT2D eigenvalue weighted by Gasteiger charge is -2.11. The predicted molar refractivity (Wildman–Crippen MR) is 78.1 cm³/mol. The summed E-state index contributed by atoms with van der Waals surface area (Å²) in [7, 11) is 0. The number of aromatic nitrogens is 1. The molecule has 1 aromatic carbocycles. The first-order valence-electron chi connectivity index (χ1n) is 6.15. The minimum absolute atomic E-state index is 0.242. The van der Waals surface area contributed by atoms with Gasteiger partial charge in [-0.25, -0.2) is 4.98 Å². The number of hydrogen-bond acceptors (Lipinski definition) is 5. The van der Waals surface area contributed by atoms with Crippen LogP contribution in [0.25, 0.3) is 0 Å². The number of nitrogens with two attached hydrogens (primary N) is 2. The minimum atomic E-state index is -0.590. The Morgan fingerprint density at radius 1 is 1.40 bits per heavy atom. The first kappa shape index (κ1) is 13.7. The number of ether oxygens (including phenoxy) is 1. The Morgan fingerprint density at radius 3 is 2.90 bits per heavy atom. The molecule has 0 aliphatic heterocycles. The molecular formula is C14H16N4O2. The lowest BCUT2D eigenvalue weighted by atomic mass is 10.2. The average molecular weight is 272 g/mol. The van der Waals surface area contributed by atoms with Gasteiger partial charge in [-0.2, -0.15) is 0 Å². The lowest BCUT2D eigenvalue weighted by molar-refractivity contribution is 0.100. The van der Waals surface area contributed by atoms with Crippen LogP contribution >= 0.6 is 0 Å². The van der Waals surface area contributed by atoms with Crippen LogP contribution in [0.4, 0.5) is 17.2 Å². The van der Waals surface area contributed by atoms with Gasteiger partial charge in [0.15, 0.2) is 0 Å².